The summed E-state index contributed by atoms with van der Waals surface area (Å²) < 4.78 is 13.8. The molecule has 1 heterocycles. The quantitative estimate of drug-likeness (QED) is 0.851. The maximum Gasteiger partial charge on any atom is 0.234 e. The van der Waals surface area contributed by atoms with Crippen LogP contribution in [0.1, 0.15) is 44.1 Å². The van der Waals surface area contributed by atoms with E-state index in [2.05, 4.69) is 0 Å². The van der Waals surface area contributed by atoms with E-state index in [1.54, 1.807) is 6.07 Å². The predicted molar refractivity (Wildman–Crippen MR) is 76.9 cm³/mol. The summed E-state index contributed by atoms with van der Waals surface area (Å²) in [4.78, 5) is 26.1. The Hall–Kier alpha value is -1.75. The minimum atomic E-state index is -0.475. The molecule has 0 radical (unpaired) electrons. The Morgan fingerprint density at radius 1 is 1.14 bits per heavy atom. The number of hydrogen-bond acceptors (Lipinski definition) is 3. The summed E-state index contributed by atoms with van der Waals surface area (Å²) in [7, 11) is 0. The van der Waals surface area contributed by atoms with Crippen molar-refractivity contribution in [3.05, 3.63) is 29.6 Å². The largest absolute Gasteiger partial charge is 0.326 e. The first-order valence-electron chi connectivity index (χ1n) is 7.40. The number of piperidine rings is 1. The molecule has 2 aliphatic rings. The first-order valence-corrected chi connectivity index (χ1v) is 7.40. The van der Waals surface area contributed by atoms with Crippen molar-refractivity contribution < 1.29 is 14.0 Å². The molecule has 1 saturated heterocycles. The third-order valence-corrected chi connectivity index (χ3v) is 4.75. The van der Waals surface area contributed by atoms with Gasteiger partial charge >= 0.3 is 0 Å². The van der Waals surface area contributed by atoms with Gasteiger partial charge in [-0.25, -0.2) is 4.39 Å². The van der Waals surface area contributed by atoms with Gasteiger partial charge in [0.25, 0.3) is 0 Å². The van der Waals surface area contributed by atoms with Crippen LogP contribution in [0.25, 0.3) is 0 Å². The van der Waals surface area contributed by atoms with Crippen molar-refractivity contribution in [3.63, 3.8) is 0 Å². The molecule has 1 aliphatic heterocycles. The summed E-state index contributed by atoms with van der Waals surface area (Å²) in [5.74, 6) is -0.932. The van der Waals surface area contributed by atoms with Crippen molar-refractivity contribution in [2.45, 2.75) is 45.1 Å². The Labute approximate surface area is 123 Å². The molecule has 0 aromatic heterocycles. The van der Waals surface area contributed by atoms with Gasteiger partial charge in [-0.3, -0.25) is 14.5 Å². The van der Waals surface area contributed by atoms with Crippen LogP contribution in [0.2, 0.25) is 0 Å². The first kappa shape index (κ1) is 14.2. The molecule has 1 spiro atoms. The normalized spacial score (nSPS) is 21.3. The fraction of sp³-hybridized carbons (Fsp3) is 0.500. The van der Waals surface area contributed by atoms with E-state index in [-0.39, 0.29) is 29.3 Å². The molecule has 2 N–H and O–H groups in total. The lowest BCUT2D eigenvalue weighted by Crippen LogP contribution is -2.47. The topological polar surface area (TPSA) is 63.4 Å². The number of imide groups is 1. The lowest BCUT2D eigenvalue weighted by atomic mass is 9.76. The molecule has 0 bridgehead atoms. The summed E-state index contributed by atoms with van der Waals surface area (Å²) in [5.41, 5.74) is 5.95. The van der Waals surface area contributed by atoms with Crippen LogP contribution in [-0.2, 0) is 16.1 Å². The average Bonchev–Trinajstić information content (AvgIpc) is 2.86. The molecule has 1 aromatic carbocycles. The number of nitrogens with two attached hydrogens (primary N) is 1. The van der Waals surface area contributed by atoms with Crippen LogP contribution in [0.4, 0.5) is 10.1 Å². The van der Waals surface area contributed by atoms with Crippen molar-refractivity contribution in [1.82, 2.24) is 0 Å². The zero-order valence-corrected chi connectivity index (χ0v) is 11.9. The molecular weight excluding hydrogens is 271 g/mol. The fourth-order valence-corrected chi connectivity index (χ4v) is 3.71. The zero-order valence-electron chi connectivity index (χ0n) is 11.9. The van der Waals surface area contributed by atoms with Gasteiger partial charge in [-0.1, -0.05) is 18.9 Å². The molecule has 21 heavy (non-hydrogen) atoms. The van der Waals surface area contributed by atoms with Gasteiger partial charge in [-0.15, -0.1) is 0 Å². The van der Waals surface area contributed by atoms with E-state index in [0.717, 1.165) is 30.6 Å². The summed E-state index contributed by atoms with van der Waals surface area (Å²) in [5, 5.41) is 0. The first-order chi connectivity index (χ1) is 10.1. The molecule has 4 nitrogen and oxygen atoms in total. The van der Waals surface area contributed by atoms with Crippen molar-refractivity contribution in [3.8, 4) is 0 Å². The Kier molecular flexibility index (Phi) is 3.53. The average molecular weight is 290 g/mol. The molecule has 112 valence electrons. The van der Waals surface area contributed by atoms with Crippen LogP contribution >= 0.6 is 0 Å². The highest BCUT2D eigenvalue weighted by atomic mass is 19.1. The summed E-state index contributed by atoms with van der Waals surface area (Å²) >= 11 is 0. The van der Waals surface area contributed by atoms with Crippen LogP contribution in [0.5, 0.6) is 0 Å². The number of rotatable bonds is 2. The SMILES string of the molecule is NCc1c(F)cccc1N1C(=O)CC2(CCCC2)CC1=O. The molecule has 0 atom stereocenters. The van der Waals surface area contributed by atoms with Crippen molar-refractivity contribution >= 4 is 17.5 Å². The Bertz CT molecular complexity index is 574. The maximum absolute atomic E-state index is 13.8. The maximum atomic E-state index is 13.8. The zero-order chi connectivity index (χ0) is 15.0. The lowest BCUT2D eigenvalue weighted by Gasteiger charge is -2.37. The number of nitrogens with zero attached hydrogens (tertiary/aromatic N) is 1. The second kappa shape index (κ2) is 5.22. The minimum absolute atomic E-state index is 0.0375. The Balaban J connectivity index is 1.95. The van der Waals surface area contributed by atoms with Gasteiger partial charge in [-0.05, 0) is 30.4 Å². The lowest BCUT2D eigenvalue weighted by molar-refractivity contribution is -0.133. The van der Waals surface area contributed by atoms with Gasteiger partial charge in [0, 0.05) is 24.9 Å². The van der Waals surface area contributed by atoms with Gasteiger partial charge < -0.3 is 5.73 Å². The number of amides is 2. The summed E-state index contributed by atoms with van der Waals surface area (Å²) in [6.45, 7) is -0.0375. The third-order valence-electron chi connectivity index (χ3n) is 4.75. The van der Waals surface area contributed by atoms with E-state index < -0.39 is 5.82 Å². The molecule has 0 unspecified atom stereocenters. The number of anilines is 1. The Morgan fingerprint density at radius 2 is 1.76 bits per heavy atom. The molecule has 2 amide bonds. The van der Waals surface area contributed by atoms with E-state index in [4.69, 9.17) is 5.73 Å². The second-order valence-electron chi connectivity index (χ2n) is 6.13. The summed E-state index contributed by atoms with van der Waals surface area (Å²) in [6.07, 6.45) is 4.78. The standard InChI is InChI=1S/C16H19FN2O2/c17-12-4-3-5-13(11(12)10-18)19-14(20)8-16(9-15(19)21)6-1-2-7-16/h3-5H,1-2,6-10,18H2. The van der Waals surface area contributed by atoms with Crippen LogP contribution in [0.15, 0.2) is 18.2 Å². The van der Waals surface area contributed by atoms with E-state index in [0.29, 0.717) is 18.5 Å². The molecule has 1 aromatic rings. The second-order valence-corrected chi connectivity index (χ2v) is 6.13. The molecule has 3 rings (SSSR count). The molecule has 5 heteroatoms. The van der Waals surface area contributed by atoms with Gasteiger partial charge in [0.15, 0.2) is 0 Å². The van der Waals surface area contributed by atoms with E-state index in [1.165, 1.54) is 12.1 Å². The third kappa shape index (κ3) is 2.35. The number of benzene rings is 1. The number of carbonyl (C=O) groups is 2. The predicted octanol–water partition coefficient (Wildman–Crippen LogP) is 2.50. The monoisotopic (exact) mass is 290 g/mol. The van der Waals surface area contributed by atoms with E-state index in [1.807, 2.05) is 0 Å². The highest BCUT2D eigenvalue weighted by molar-refractivity contribution is 6.17. The highest BCUT2D eigenvalue weighted by Crippen LogP contribution is 2.47. The van der Waals surface area contributed by atoms with Crippen molar-refractivity contribution in [1.29, 1.82) is 0 Å². The smallest absolute Gasteiger partial charge is 0.234 e. The van der Waals surface area contributed by atoms with Gasteiger partial charge in [0.2, 0.25) is 11.8 Å². The van der Waals surface area contributed by atoms with Crippen molar-refractivity contribution in [2.75, 3.05) is 4.90 Å². The van der Waals surface area contributed by atoms with Gasteiger partial charge in [0.1, 0.15) is 5.82 Å². The van der Waals surface area contributed by atoms with Gasteiger partial charge in [0.05, 0.1) is 5.69 Å². The highest BCUT2D eigenvalue weighted by Gasteiger charge is 2.45. The van der Waals surface area contributed by atoms with Crippen molar-refractivity contribution in [2.24, 2.45) is 11.1 Å². The number of halogens is 1. The van der Waals surface area contributed by atoms with Crippen LogP contribution in [-0.4, -0.2) is 11.8 Å². The van der Waals surface area contributed by atoms with Crippen LogP contribution < -0.4 is 10.6 Å². The molecule has 1 aliphatic carbocycles. The van der Waals surface area contributed by atoms with Gasteiger partial charge in [-0.2, -0.15) is 0 Å². The fourth-order valence-electron chi connectivity index (χ4n) is 3.71. The molecule has 2 fully saturated rings. The molecular formula is C16H19FN2O2. The van der Waals surface area contributed by atoms with E-state index in [9.17, 15) is 14.0 Å². The minimum Gasteiger partial charge on any atom is -0.326 e. The number of hydrogen-bond donors (Lipinski definition) is 1. The summed E-state index contributed by atoms with van der Waals surface area (Å²) in [6, 6.07) is 4.39. The number of carbonyl (C=O) groups excluding carboxylic acids is 2. The molecule has 1 saturated carbocycles. The van der Waals surface area contributed by atoms with Crippen LogP contribution in [0, 0.1) is 11.2 Å². The van der Waals surface area contributed by atoms with E-state index >= 15 is 0 Å². The van der Waals surface area contributed by atoms with Crippen LogP contribution in [0.3, 0.4) is 0 Å². The Morgan fingerprint density at radius 3 is 2.33 bits per heavy atom.